The van der Waals surface area contributed by atoms with Crippen molar-refractivity contribution in [2.24, 2.45) is 5.10 Å². The van der Waals surface area contributed by atoms with Crippen LogP contribution in [-0.2, 0) is 26.0 Å². The summed E-state index contributed by atoms with van der Waals surface area (Å²) in [6, 6.07) is 18.9. The molecule has 0 aliphatic carbocycles. The molecule has 2 aliphatic rings. The van der Waals surface area contributed by atoms with E-state index >= 15 is 0 Å². The number of carbonyl (C=O) groups excluding carboxylic acids is 2. The van der Waals surface area contributed by atoms with Crippen molar-refractivity contribution in [2.45, 2.75) is 31.8 Å². The average Bonchev–Trinajstić information content (AvgIpc) is 3.47. The fraction of sp³-hybridized carbons (Fsp3) is 0.280. The number of hydrogen-bond acceptors (Lipinski definition) is 6. The Morgan fingerprint density at radius 3 is 2.43 bits per heavy atom. The zero-order valence-electron chi connectivity index (χ0n) is 19.0. The van der Waals surface area contributed by atoms with Crippen LogP contribution < -0.4 is 5.32 Å². The van der Waals surface area contributed by atoms with Gasteiger partial charge in [0.15, 0.2) is 9.84 Å². The molecular weight excluding hydrogens is 466 g/mol. The first-order chi connectivity index (χ1) is 16.9. The van der Waals surface area contributed by atoms with E-state index in [2.05, 4.69) is 10.4 Å². The van der Waals surface area contributed by atoms with E-state index in [9.17, 15) is 18.0 Å². The summed E-state index contributed by atoms with van der Waals surface area (Å²) in [4.78, 5) is 25.3. The Labute approximate surface area is 203 Å². The third-order valence-electron chi connectivity index (χ3n) is 6.17. The van der Waals surface area contributed by atoms with Crippen molar-refractivity contribution in [1.29, 1.82) is 0 Å². The van der Waals surface area contributed by atoms with E-state index in [1.165, 1.54) is 5.01 Å². The number of aromatic nitrogens is 2. The number of nitrogens with zero attached hydrogens (tertiary/aromatic N) is 4. The summed E-state index contributed by atoms with van der Waals surface area (Å²) in [5, 5.41) is 13.1. The Kier molecular flexibility index (Phi) is 6.21. The zero-order valence-corrected chi connectivity index (χ0v) is 19.8. The lowest BCUT2D eigenvalue weighted by Crippen LogP contribution is -2.43. The van der Waals surface area contributed by atoms with Crippen molar-refractivity contribution in [3.8, 4) is 16.9 Å². The van der Waals surface area contributed by atoms with Gasteiger partial charge in [0, 0.05) is 36.7 Å². The van der Waals surface area contributed by atoms with Gasteiger partial charge >= 0.3 is 0 Å². The molecule has 1 aromatic heterocycles. The van der Waals surface area contributed by atoms with Crippen molar-refractivity contribution in [3.63, 3.8) is 0 Å². The fourth-order valence-corrected chi connectivity index (χ4v) is 6.05. The molecule has 2 amide bonds. The SMILES string of the molecule is O=C(NCc1cn(-c2ccccc2)nc1-c1ccccc1)C1=NN([C@H]2CCS(=O)(=O)C2)C(=O)CC1. The Bertz CT molecular complexity index is 1380. The molecule has 0 spiro atoms. The number of benzene rings is 2. The van der Waals surface area contributed by atoms with Crippen LogP contribution in [0.2, 0.25) is 0 Å². The number of nitrogens with one attached hydrogen (secondary N) is 1. The van der Waals surface area contributed by atoms with Gasteiger partial charge < -0.3 is 5.32 Å². The second-order valence-corrected chi connectivity index (χ2v) is 10.9. The van der Waals surface area contributed by atoms with Gasteiger partial charge in [-0.2, -0.15) is 10.2 Å². The number of rotatable bonds is 6. The molecular formula is C25H25N5O4S. The topological polar surface area (TPSA) is 114 Å². The van der Waals surface area contributed by atoms with Crippen LogP contribution in [0, 0.1) is 0 Å². The highest BCUT2D eigenvalue weighted by atomic mass is 32.2. The Balaban J connectivity index is 1.36. The van der Waals surface area contributed by atoms with Gasteiger partial charge in [-0.3, -0.25) is 9.59 Å². The van der Waals surface area contributed by atoms with Crippen molar-refractivity contribution in [1.82, 2.24) is 20.1 Å². The summed E-state index contributed by atoms with van der Waals surface area (Å²) >= 11 is 0. The minimum Gasteiger partial charge on any atom is -0.347 e. The first-order valence-corrected chi connectivity index (χ1v) is 13.3. The number of hydrogen-bond donors (Lipinski definition) is 1. The van der Waals surface area contributed by atoms with Crippen LogP contribution in [0.1, 0.15) is 24.8 Å². The largest absolute Gasteiger partial charge is 0.347 e. The predicted octanol–water partition coefficient (Wildman–Crippen LogP) is 2.32. The standard InChI is InChI=1S/C25H25N5O4S/c31-23-12-11-22(27-30(23)21-13-14-35(33,34)17-21)25(32)26-15-19-16-29(20-9-5-2-6-10-20)28-24(19)18-7-3-1-4-8-18/h1-10,16,21H,11-15,17H2,(H,26,32)/t21-/m0/s1. The minimum absolute atomic E-state index is 0.0339. The van der Waals surface area contributed by atoms with Gasteiger partial charge in [-0.15, -0.1) is 0 Å². The second kappa shape index (κ2) is 9.46. The molecule has 1 saturated heterocycles. The molecule has 0 bridgehead atoms. The van der Waals surface area contributed by atoms with E-state index in [1.54, 1.807) is 4.68 Å². The first kappa shape index (κ1) is 23.0. The van der Waals surface area contributed by atoms with Crippen LogP contribution in [0.4, 0.5) is 0 Å². The van der Waals surface area contributed by atoms with Crippen LogP contribution in [0.3, 0.4) is 0 Å². The molecule has 3 aromatic rings. The maximum atomic E-state index is 13.0. The summed E-state index contributed by atoms with van der Waals surface area (Å²) in [5.74, 6) is -0.712. The Morgan fingerprint density at radius 2 is 1.74 bits per heavy atom. The second-order valence-electron chi connectivity index (χ2n) is 8.67. The molecule has 10 heteroatoms. The molecule has 1 atom stereocenters. The lowest BCUT2D eigenvalue weighted by Gasteiger charge is -2.27. The fourth-order valence-electron chi connectivity index (χ4n) is 4.36. The summed E-state index contributed by atoms with van der Waals surface area (Å²) in [5.41, 5.74) is 3.65. The van der Waals surface area contributed by atoms with E-state index in [1.807, 2.05) is 66.9 Å². The van der Waals surface area contributed by atoms with E-state index in [4.69, 9.17) is 5.10 Å². The van der Waals surface area contributed by atoms with Gasteiger partial charge in [0.05, 0.1) is 28.9 Å². The Morgan fingerprint density at radius 1 is 1.03 bits per heavy atom. The molecule has 5 rings (SSSR count). The van der Waals surface area contributed by atoms with Crippen LogP contribution in [0.25, 0.3) is 16.9 Å². The maximum absolute atomic E-state index is 13.0. The van der Waals surface area contributed by atoms with Crippen molar-refractivity contribution in [2.75, 3.05) is 11.5 Å². The first-order valence-electron chi connectivity index (χ1n) is 11.5. The number of hydrazone groups is 1. The molecule has 35 heavy (non-hydrogen) atoms. The van der Waals surface area contributed by atoms with Crippen molar-refractivity contribution < 1.29 is 18.0 Å². The van der Waals surface area contributed by atoms with E-state index in [-0.39, 0.29) is 48.4 Å². The molecule has 0 unspecified atom stereocenters. The maximum Gasteiger partial charge on any atom is 0.267 e. The number of amides is 2. The molecule has 0 radical (unpaired) electrons. The van der Waals surface area contributed by atoms with Gasteiger partial charge in [0.2, 0.25) is 5.91 Å². The van der Waals surface area contributed by atoms with Crippen molar-refractivity contribution in [3.05, 3.63) is 72.4 Å². The molecule has 180 valence electrons. The number of para-hydroxylation sites is 1. The molecule has 2 aliphatic heterocycles. The van der Waals surface area contributed by atoms with Crippen LogP contribution >= 0.6 is 0 Å². The van der Waals surface area contributed by atoms with Gasteiger partial charge in [0.1, 0.15) is 5.71 Å². The highest BCUT2D eigenvalue weighted by Crippen LogP contribution is 2.24. The lowest BCUT2D eigenvalue weighted by atomic mass is 10.1. The van der Waals surface area contributed by atoms with E-state index in [0.717, 1.165) is 22.5 Å². The zero-order chi connectivity index (χ0) is 24.4. The number of sulfone groups is 1. The van der Waals surface area contributed by atoms with Gasteiger partial charge in [-0.1, -0.05) is 48.5 Å². The van der Waals surface area contributed by atoms with Gasteiger partial charge in [-0.05, 0) is 18.6 Å². The van der Waals surface area contributed by atoms with Crippen LogP contribution in [-0.4, -0.2) is 58.3 Å². The van der Waals surface area contributed by atoms with Crippen LogP contribution in [0.5, 0.6) is 0 Å². The van der Waals surface area contributed by atoms with Gasteiger partial charge in [0.25, 0.3) is 5.91 Å². The molecule has 1 fully saturated rings. The molecule has 0 saturated carbocycles. The predicted molar refractivity (Wildman–Crippen MR) is 131 cm³/mol. The minimum atomic E-state index is -3.18. The summed E-state index contributed by atoms with van der Waals surface area (Å²) in [6.45, 7) is 0.223. The van der Waals surface area contributed by atoms with Crippen LogP contribution in [0.15, 0.2) is 72.0 Å². The smallest absolute Gasteiger partial charge is 0.267 e. The normalized spacial score (nSPS) is 19.4. The highest BCUT2D eigenvalue weighted by molar-refractivity contribution is 7.91. The summed E-state index contributed by atoms with van der Waals surface area (Å²) in [6.07, 6.45) is 2.57. The van der Waals surface area contributed by atoms with Crippen molar-refractivity contribution >= 4 is 27.4 Å². The summed E-state index contributed by atoms with van der Waals surface area (Å²) < 4.78 is 25.5. The van der Waals surface area contributed by atoms with E-state index in [0.29, 0.717) is 6.42 Å². The quantitative estimate of drug-likeness (QED) is 0.569. The van der Waals surface area contributed by atoms with E-state index < -0.39 is 15.9 Å². The number of carbonyl (C=O) groups is 2. The molecule has 3 heterocycles. The third-order valence-corrected chi connectivity index (χ3v) is 7.92. The molecule has 2 aromatic carbocycles. The molecule has 1 N–H and O–H groups in total. The van der Waals surface area contributed by atoms with Gasteiger partial charge in [-0.25, -0.2) is 18.1 Å². The Hall–Kier alpha value is -3.79. The average molecular weight is 492 g/mol. The summed E-state index contributed by atoms with van der Waals surface area (Å²) in [7, 11) is -3.18. The monoisotopic (exact) mass is 491 g/mol. The molecule has 9 nitrogen and oxygen atoms in total. The highest BCUT2D eigenvalue weighted by Gasteiger charge is 2.37. The third kappa shape index (κ3) is 5.02. The lowest BCUT2D eigenvalue weighted by molar-refractivity contribution is -0.133.